The van der Waals surface area contributed by atoms with Crippen LogP contribution in [0, 0.1) is 10.1 Å². The molecular weight excluding hydrogens is 230 g/mol. The topological polar surface area (TPSA) is 67.5 Å². The quantitative estimate of drug-likeness (QED) is 0.505. The second-order valence-corrected chi connectivity index (χ2v) is 4.57. The summed E-state index contributed by atoms with van der Waals surface area (Å²) in [6, 6.07) is 6.85. The average molecular weight is 247 g/mol. The predicted octanol–water partition coefficient (Wildman–Crippen LogP) is 2.85. The maximum absolute atomic E-state index is 10.5. The van der Waals surface area contributed by atoms with E-state index in [9.17, 15) is 10.1 Å². The highest BCUT2D eigenvalue weighted by Gasteiger charge is 2.11. The molecule has 0 radical (unpaired) electrons. The first kappa shape index (κ1) is 12.5. The molecule has 18 heavy (non-hydrogen) atoms. The first-order valence-electron chi connectivity index (χ1n) is 6.29. The summed E-state index contributed by atoms with van der Waals surface area (Å²) in [5, 5.41) is 14.7. The Kier molecular flexibility index (Phi) is 4.28. The monoisotopic (exact) mass is 247 g/mol. The first-order valence-corrected chi connectivity index (χ1v) is 6.29. The molecule has 96 valence electrons. The lowest BCUT2D eigenvalue weighted by atomic mass is 9.96. The molecule has 0 saturated heterocycles. The molecule has 5 nitrogen and oxygen atoms in total. The number of nitro groups is 1. The Labute approximate surface area is 106 Å². The van der Waals surface area contributed by atoms with Crippen molar-refractivity contribution in [1.29, 1.82) is 0 Å². The highest BCUT2D eigenvalue weighted by molar-refractivity contribution is 5.79. The van der Waals surface area contributed by atoms with Gasteiger partial charge in [-0.2, -0.15) is 5.10 Å². The van der Waals surface area contributed by atoms with E-state index in [0.29, 0.717) is 6.04 Å². The minimum atomic E-state index is -0.402. The van der Waals surface area contributed by atoms with Crippen LogP contribution in [-0.4, -0.2) is 17.2 Å². The smallest absolute Gasteiger partial charge is 0.269 e. The van der Waals surface area contributed by atoms with Crippen LogP contribution in [0.3, 0.4) is 0 Å². The van der Waals surface area contributed by atoms with Crippen molar-refractivity contribution in [2.24, 2.45) is 5.10 Å². The lowest BCUT2D eigenvalue weighted by Gasteiger charge is -2.20. The lowest BCUT2D eigenvalue weighted by Crippen LogP contribution is -2.26. The normalized spacial score (nSPS) is 16.9. The summed E-state index contributed by atoms with van der Waals surface area (Å²) in [7, 11) is 0. The highest BCUT2D eigenvalue weighted by Crippen LogP contribution is 2.17. The number of hydrogen-bond donors (Lipinski definition) is 1. The molecule has 0 unspecified atom stereocenters. The molecule has 0 bridgehead atoms. The lowest BCUT2D eigenvalue weighted by molar-refractivity contribution is -0.384. The fourth-order valence-electron chi connectivity index (χ4n) is 2.13. The third-order valence-corrected chi connectivity index (χ3v) is 3.18. The van der Waals surface area contributed by atoms with E-state index in [1.807, 2.05) is 0 Å². The minimum Gasteiger partial charge on any atom is -0.307 e. The number of non-ortho nitro benzene ring substituents is 1. The van der Waals surface area contributed by atoms with Gasteiger partial charge in [0.05, 0.1) is 11.1 Å². The Hall–Kier alpha value is -1.91. The molecule has 1 aromatic carbocycles. The molecular formula is C13H17N3O2. The second-order valence-electron chi connectivity index (χ2n) is 4.57. The van der Waals surface area contributed by atoms with Gasteiger partial charge < -0.3 is 5.43 Å². The van der Waals surface area contributed by atoms with Crippen LogP contribution in [0.15, 0.2) is 29.4 Å². The molecule has 2 rings (SSSR count). The zero-order valence-electron chi connectivity index (χ0n) is 10.2. The van der Waals surface area contributed by atoms with Crippen molar-refractivity contribution in [1.82, 2.24) is 5.43 Å². The zero-order valence-corrected chi connectivity index (χ0v) is 10.2. The number of rotatable bonds is 4. The minimum absolute atomic E-state index is 0.104. The standard InChI is InChI=1S/C13H17N3O2/c17-16(18)13-8-6-11(7-9-13)10-14-15-12-4-2-1-3-5-12/h6-10,12,15H,1-5H2. The summed E-state index contributed by atoms with van der Waals surface area (Å²) in [6.45, 7) is 0. The van der Waals surface area contributed by atoms with Gasteiger partial charge in [0.1, 0.15) is 0 Å². The number of benzene rings is 1. The van der Waals surface area contributed by atoms with Crippen LogP contribution in [0.5, 0.6) is 0 Å². The molecule has 1 saturated carbocycles. The summed E-state index contributed by atoms with van der Waals surface area (Å²) < 4.78 is 0. The van der Waals surface area contributed by atoms with Gasteiger partial charge in [-0.15, -0.1) is 0 Å². The van der Waals surface area contributed by atoms with Crippen molar-refractivity contribution < 1.29 is 4.92 Å². The molecule has 1 N–H and O–H groups in total. The van der Waals surface area contributed by atoms with E-state index in [1.54, 1.807) is 18.3 Å². The molecule has 0 atom stereocenters. The molecule has 1 aromatic rings. The van der Waals surface area contributed by atoms with Crippen molar-refractivity contribution in [3.63, 3.8) is 0 Å². The molecule has 1 aliphatic rings. The van der Waals surface area contributed by atoms with Crippen LogP contribution in [0.25, 0.3) is 0 Å². The van der Waals surface area contributed by atoms with E-state index >= 15 is 0 Å². The predicted molar refractivity (Wildman–Crippen MR) is 70.7 cm³/mol. The first-order chi connectivity index (χ1) is 8.75. The third-order valence-electron chi connectivity index (χ3n) is 3.18. The second kappa shape index (κ2) is 6.14. The molecule has 5 heteroatoms. The maximum Gasteiger partial charge on any atom is 0.269 e. The van der Waals surface area contributed by atoms with Gasteiger partial charge in [-0.1, -0.05) is 19.3 Å². The molecule has 0 heterocycles. The zero-order chi connectivity index (χ0) is 12.8. The summed E-state index contributed by atoms with van der Waals surface area (Å²) in [5.74, 6) is 0. The van der Waals surface area contributed by atoms with E-state index in [2.05, 4.69) is 10.5 Å². The molecule has 0 amide bonds. The van der Waals surface area contributed by atoms with E-state index in [-0.39, 0.29) is 5.69 Å². The van der Waals surface area contributed by atoms with Gasteiger partial charge in [-0.25, -0.2) is 0 Å². The number of nitrogens with one attached hydrogen (secondary N) is 1. The van der Waals surface area contributed by atoms with Crippen molar-refractivity contribution in [3.05, 3.63) is 39.9 Å². The summed E-state index contributed by atoms with van der Waals surface area (Å²) in [6.07, 6.45) is 7.92. The summed E-state index contributed by atoms with van der Waals surface area (Å²) in [4.78, 5) is 10.1. The van der Waals surface area contributed by atoms with Gasteiger partial charge in [-0.05, 0) is 30.5 Å². The number of nitro benzene ring substituents is 1. The van der Waals surface area contributed by atoms with Gasteiger partial charge in [0.25, 0.3) is 5.69 Å². The Morgan fingerprint density at radius 2 is 1.89 bits per heavy atom. The molecule has 1 aliphatic carbocycles. The Morgan fingerprint density at radius 3 is 2.50 bits per heavy atom. The fraction of sp³-hybridized carbons (Fsp3) is 0.462. The van der Waals surface area contributed by atoms with Crippen LogP contribution in [0.2, 0.25) is 0 Å². The fourth-order valence-corrected chi connectivity index (χ4v) is 2.13. The van der Waals surface area contributed by atoms with E-state index in [1.165, 1.54) is 44.2 Å². The van der Waals surface area contributed by atoms with Crippen molar-refractivity contribution in [3.8, 4) is 0 Å². The Morgan fingerprint density at radius 1 is 1.22 bits per heavy atom. The number of hydrazone groups is 1. The number of nitrogens with zero attached hydrogens (tertiary/aromatic N) is 2. The van der Waals surface area contributed by atoms with Crippen molar-refractivity contribution in [2.75, 3.05) is 0 Å². The van der Waals surface area contributed by atoms with Crippen LogP contribution < -0.4 is 5.43 Å². The largest absolute Gasteiger partial charge is 0.307 e. The molecule has 1 fully saturated rings. The SMILES string of the molecule is O=[N+]([O-])c1ccc(C=NNC2CCCCC2)cc1. The van der Waals surface area contributed by atoms with Gasteiger partial charge in [-0.3, -0.25) is 10.1 Å². The van der Waals surface area contributed by atoms with Crippen LogP contribution in [0.1, 0.15) is 37.7 Å². The Balaban J connectivity index is 1.86. The maximum atomic E-state index is 10.5. The van der Waals surface area contributed by atoms with E-state index in [4.69, 9.17) is 0 Å². The van der Waals surface area contributed by atoms with Gasteiger partial charge in [0.2, 0.25) is 0 Å². The van der Waals surface area contributed by atoms with Gasteiger partial charge in [0.15, 0.2) is 0 Å². The highest BCUT2D eigenvalue weighted by atomic mass is 16.6. The molecule has 0 aliphatic heterocycles. The van der Waals surface area contributed by atoms with Crippen molar-refractivity contribution in [2.45, 2.75) is 38.1 Å². The molecule has 0 spiro atoms. The van der Waals surface area contributed by atoms with Crippen LogP contribution in [0.4, 0.5) is 5.69 Å². The van der Waals surface area contributed by atoms with Crippen LogP contribution in [-0.2, 0) is 0 Å². The van der Waals surface area contributed by atoms with E-state index < -0.39 is 4.92 Å². The average Bonchev–Trinajstić information content (AvgIpc) is 2.40. The van der Waals surface area contributed by atoms with E-state index in [0.717, 1.165) is 5.56 Å². The summed E-state index contributed by atoms with van der Waals surface area (Å²) >= 11 is 0. The summed E-state index contributed by atoms with van der Waals surface area (Å²) in [5.41, 5.74) is 4.11. The molecule has 0 aromatic heterocycles. The van der Waals surface area contributed by atoms with Crippen LogP contribution >= 0.6 is 0 Å². The Bertz CT molecular complexity index is 422. The van der Waals surface area contributed by atoms with Gasteiger partial charge in [0, 0.05) is 18.2 Å². The number of hydrogen-bond acceptors (Lipinski definition) is 4. The van der Waals surface area contributed by atoms with Gasteiger partial charge >= 0.3 is 0 Å². The third kappa shape index (κ3) is 3.55. The van der Waals surface area contributed by atoms with Crippen molar-refractivity contribution >= 4 is 11.9 Å².